The number of halogens is 1. The first-order chi connectivity index (χ1) is 18.5. The molecular formula is C25H31ClN4O7S2. The number of aliphatic hydroxyl groups is 1. The molecule has 2 aromatic rings. The molecule has 2 fully saturated rings. The summed E-state index contributed by atoms with van der Waals surface area (Å²) in [6.45, 7) is 1.15. The summed E-state index contributed by atoms with van der Waals surface area (Å²) < 4.78 is 65.6. The largest absolute Gasteiger partial charge is 0.491 e. The zero-order valence-electron chi connectivity index (χ0n) is 21.3. The Morgan fingerprint density at radius 1 is 1.23 bits per heavy atom. The van der Waals surface area contributed by atoms with Crippen molar-refractivity contribution in [1.82, 2.24) is 14.3 Å². The van der Waals surface area contributed by atoms with Crippen LogP contribution in [-0.2, 0) is 24.8 Å². The van der Waals surface area contributed by atoms with E-state index in [1.54, 1.807) is 12.1 Å². The first-order valence-corrected chi connectivity index (χ1v) is 15.7. The molecule has 0 aliphatic carbocycles. The van der Waals surface area contributed by atoms with Crippen LogP contribution in [0.4, 0.5) is 0 Å². The minimum atomic E-state index is -3.88. The Labute approximate surface area is 233 Å². The minimum Gasteiger partial charge on any atom is -0.491 e. The predicted molar refractivity (Wildman–Crippen MR) is 143 cm³/mol. The highest BCUT2D eigenvalue weighted by Crippen LogP contribution is 2.38. The first-order valence-electron chi connectivity index (χ1n) is 12.4. The lowest BCUT2D eigenvalue weighted by Gasteiger charge is -2.38. The van der Waals surface area contributed by atoms with Crippen LogP contribution < -0.4 is 14.8 Å². The highest BCUT2D eigenvalue weighted by Gasteiger charge is 2.45. The number of rotatable bonds is 10. The third kappa shape index (κ3) is 6.90. The molecule has 212 valence electrons. The summed E-state index contributed by atoms with van der Waals surface area (Å²) in [6, 6.07) is 12.1. The van der Waals surface area contributed by atoms with Crippen molar-refractivity contribution in [1.29, 1.82) is 5.26 Å². The van der Waals surface area contributed by atoms with Gasteiger partial charge in [-0.25, -0.2) is 21.6 Å². The van der Waals surface area contributed by atoms with Crippen LogP contribution in [0.5, 0.6) is 5.75 Å². The lowest BCUT2D eigenvalue weighted by atomic mass is 9.88. The summed E-state index contributed by atoms with van der Waals surface area (Å²) in [5, 5.41) is 23.2. The second-order valence-corrected chi connectivity index (χ2v) is 13.8. The zero-order valence-corrected chi connectivity index (χ0v) is 23.7. The number of ether oxygens (including phenoxy) is 2. The number of benzene rings is 2. The summed E-state index contributed by atoms with van der Waals surface area (Å²) in [5.74, 6) is 0.329. The number of aliphatic hydroxyl groups excluding tert-OH is 1. The third-order valence-electron chi connectivity index (χ3n) is 6.99. The second-order valence-electron chi connectivity index (χ2n) is 9.61. The Balaban J connectivity index is 1.26. The van der Waals surface area contributed by atoms with E-state index in [2.05, 4.69) is 10.0 Å². The van der Waals surface area contributed by atoms with E-state index < -0.39 is 31.8 Å². The van der Waals surface area contributed by atoms with Crippen LogP contribution in [0, 0.1) is 11.3 Å². The lowest BCUT2D eigenvalue weighted by molar-refractivity contribution is -0.0312. The summed E-state index contributed by atoms with van der Waals surface area (Å²) in [7, 11) is -6.15. The molecule has 39 heavy (non-hydrogen) atoms. The molecule has 0 aromatic heterocycles. The normalized spacial score (nSPS) is 20.5. The van der Waals surface area contributed by atoms with E-state index in [-0.39, 0.29) is 52.7 Å². The number of hydrogen-bond donors (Lipinski definition) is 3. The van der Waals surface area contributed by atoms with Gasteiger partial charge >= 0.3 is 0 Å². The van der Waals surface area contributed by atoms with Crippen LogP contribution in [-0.4, -0.2) is 83.9 Å². The van der Waals surface area contributed by atoms with Crippen LogP contribution >= 0.6 is 11.6 Å². The monoisotopic (exact) mass is 598 g/mol. The van der Waals surface area contributed by atoms with Gasteiger partial charge in [0.05, 0.1) is 22.7 Å². The van der Waals surface area contributed by atoms with Gasteiger partial charge in [0, 0.05) is 36.8 Å². The zero-order chi connectivity index (χ0) is 28.3. The van der Waals surface area contributed by atoms with Crippen molar-refractivity contribution in [2.75, 3.05) is 39.9 Å². The maximum Gasteiger partial charge on any atom is 0.244 e. The SMILES string of the molecule is CNS(=O)(=O)c1cccc(OC[C@@H](O)CNC2COC3(CCN(S(=O)(=O)c4cc(Cl)ccc4C#N)CC3)C2)c1. The van der Waals surface area contributed by atoms with Crippen LogP contribution in [0.15, 0.2) is 52.3 Å². The second kappa shape index (κ2) is 12.1. The van der Waals surface area contributed by atoms with E-state index in [0.717, 1.165) is 0 Å². The molecule has 1 unspecified atom stereocenters. The van der Waals surface area contributed by atoms with E-state index in [4.69, 9.17) is 21.1 Å². The molecule has 2 atom stereocenters. The molecule has 2 aliphatic rings. The van der Waals surface area contributed by atoms with Gasteiger partial charge < -0.3 is 19.9 Å². The number of piperidine rings is 1. The standard InChI is InChI=1S/C25H31ClN4O7S2/c1-28-38(32,33)23-4-2-3-22(12-23)36-17-21(31)15-29-20-13-25(37-16-20)7-9-30(10-8-25)39(34,35)24-11-19(26)6-5-18(24)14-27/h2-6,11-12,20-21,28-29,31H,7-10,13,15-17H2,1H3/t20?,21-/m0/s1. The van der Waals surface area contributed by atoms with Crippen molar-refractivity contribution in [2.45, 2.75) is 46.8 Å². The van der Waals surface area contributed by atoms with Gasteiger partial charge in [0.1, 0.15) is 29.4 Å². The topological polar surface area (TPSA) is 158 Å². The van der Waals surface area contributed by atoms with Gasteiger partial charge in [-0.3, -0.25) is 0 Å². The molecule has 2 aliphatic heterocycles. The average Bonchev–Trinajstić information content (AvgIpc) is 3.33. The fourth-order valence-electron chi connectivity index (χ4n) is 4.80. The van der Waals surface area contributed by atoms with Crippen molar-refractivity contribution in [2.24, 2.45) is 0 Å². The van der Waals surface area contributed by atoms with Crippen LogP contribution in [0.2, 0.25) is 5.02 Å². The summed E-state index contributed by atoms with van der Waals surface area (Å²) in [6.07, 6.45) is 0.832. The Bertz CT molecular complexity index is 1440. The predicted octanol–water partition coefficient (Wildman–Crippen LogP) is 1.46. The fraction of sp³-hybridized carbons (Fsp3) is 0.480. The van der Waals surface area contributed by atoms with Gasteiger partial charge in [-0.1, -0.05) is 17.7 Å². The summed E-state index contributed by atoms with van der Waals surface area (Å²) in [5.41, 5.74) is -0.407. The molecule has 0 saturated carbocycles. The molecule has 4 rings (SSSR count). The van der Waals surface area contributed by atoms with E-state index in [1.807, 2.05) is 6.07 Å². The maximum atomic E-state index is 13.2. The van der Waals surface area contributed by atoms with Gasteiger partial charge in [-0.2, -0.15) is 9.57 Å². The lowest BCUT2D eigenvalue weighted by Crippen LogP contribution is -2.47. The van der Waals surface area contributed by atoms with Gasteiger partial charge in [-0.15, -0.1) is 0 Å². The van der Waals surface area contributed by atoms with Crippen LogP contribution in [0.1, 0.15) is 24.8 Å². The van der Waals surface area contributed by atoms with Crippen molar-refractivity contribution < 1.29 is 31.4 Å². The maximum absolute atomic E-state index is 13.2. The first kappa shape index (κ1) is 29.7. The van der Waals surface area contributed by atoms with E-state index >= 15 is 0 Å². The van der Waals surface area contributed by atoms with Crippen molar-refractivity contribution in [3.05, 3.63) is 53.1 Å². The Kier molecular flexibility index (Phi) is 9.19. The molecule has 0 bridgehead atoms. The van der Waals surface area contributed by atoms with Gasteiger partial charge in [0.25, 0.3) is 0 Å². The highest BCUT2D eigenvalue weighted by atomic mass is 35.5. The minimum absolute atomic E-state index is 0.0231. The molecule has 2 saturated heterocycles. The van der Waals surface area contributed by atoms with Crippen molar-refractivity contribution >= 4 is 31.6 Å². The quantitative estimate of drug-likeness (QED) is 0.368. The number of nitrogens with one attached hydrogen (secondary N) is 2. The third-order valence-corrected chi connectivity index (χ3v) is 10.6. The average molecular weight is 599 g/mol. The number of nitrogens with zero attached hydrogens (tertiary/aromatic N) is 2. The van der Waals surface area contributed by atoms with E-state index in [0.29, 0.717) is 31.6 Å². The molecule has 0 amide bonds. The van der Waals surface area contributed by atoms with Crippen LogP contribution in [0.3, 0.4) is 0 Å². The molecule has 0 radical (unpaired) electrons. The highest BCUT2D eigenvalue weighted by molar-refractivity contribution is 7.89. The van der Waals surface area contributed by atoms with Crippen molar-refractivity contribution in [3.63, 3.8) is 0 Å². The molecule has 3 N–H and O–H groups in total. The van der Waals surface area contributed by atoms with Gasteiger partial charge in [0.15, 0.2) is 0 Å². The molecule has 14 heteroatoms. The van der Waals surface area contributed by atoms with E-state index in [1.165, 1.54) is 41.7 Å². The number of nitriles is 1. The number of sulfonamides is 2. The van der Waals surface area contributed by atoms with Crippen LogP contribution in [0.25, 0.3) is 0 Å². The van der Waals surface area contributed by atoms with Gasteiger partial charge in [0.2, 0.25) is 20.0 Å². The molecule has 2 aromatic carbocycles. The number of hydrogen-bond acceptors (Lipinski definition) is 9. The Morgan fingerprint density at radius 2 is 1.97 bits per heavy atom. The molecule has 1 spiro atoms. The fourth-order valence-corrected chi connectivity index (χ4v) is 7.41. The molecule has 2 heterocycles. The smallest absolute Gasteiger partial charge is 0.244 e. The van der Waals surface area contributed by atoms with Gasteiger partial charge in [-0.05, 0) is 56.6 Å². The Morgan fingerprint density at radius 3 is 2.67 bits per heavy atom. The summed E-state index contributed by atoms with van der Waals surface area (Å²) >= 11 is 5.99. The Hall–Kier alpha value is -2.28. The van der Waals surface area contributed by atoms with E-state index in [9.17, 15) is 27.2 Å². The summed E-state index contributed by atoms with van der Waals surface area (Å²) in [4.78, 5) is -0.0210. The molecule has 11 nitrogen and oxygen atoms in total. The van der Waals surface area contributed by atoms with Crippen molar-refractivity contribution in [3.8, 4) is 11.8 Å². The molecular weight excluding hydrogens is 568 g/mol.